The Hall–Kier alpha value is -2.46. The van der Waals surface area contributed by atoms with Crippen molar-refractivity contribution in [1.82, 2.24) is 4.90 Å². The standard InChI is InChI=1S/C17H13NO3/c19-14-9-10-5-1-2-6-11(10)15(14)18-16(20)12-7-3-4-8-13(12)17(18)21/h1-8,14-15,19H,9H2/t14-,15-/m1/s1. The van der Waals surface area contributed by atoms with Gasteiger partial charge in [0.05, 0.1) is 23.3 Å². The highest BCUT2D eigenvalue weighted by atomic mass is 16.3. The fraction of sp³-hybridized carbons (Fsp3) is 0.176. The quantitative estimate of drug-likeness (QED) is 0.812. The minimum atomic E-state index is -0.746. The van der Waals surface area contributed by atoms with Crippen LogP contribution in [0.3, 0.4) is 0 Å². The zero-order valence-corrected chi connectivity index (χ0v) is 11.2. The second-order valence-electron chi connectivity index (χ2n) is 5.44. The molecular weight excluding hydrogens is 266 g/mol. The van der Waals surface area contributed by atoms with E-state index in [1.165, 1.54) is 4.90 Å². The number of nitrogens with zero attached hydrogens (tertiary/aromatic N) is 1. The summed E-state index contributed by atoms with van der Waals surface area (Å²) >= 11 is 0. The zero-order valence-electron chi connectivity index (χ0n) is 11.2. The van der Waals surface area contributed by atoms with E-state index >= 15 is 0 Å². The van der Waals surface area contributed by atoms with Gasteiger partial charge in [0.15, 0.2) is 0 Å². The van der Waals surface area contributed by atoms with Crippen LogP contribution in [0.25, 0.3) is 0 Å². The van der Waals surface area contributed by atoms with E-state index in [0.717, 1.165) is 11.1 Å². The van der Waals surface area contributed by atoms with Crippen LogP contribution in [0.4, 0.5) is 0 Å². The molecule has 21 heavy (non-hydrogen) atoms. The minimum absolute atomic E-state index is 0.323. The predicted octanol–water partition coefficient (Wildman–Crippen LogP) is 1.94. The molecule has 2 atom stereocenters. The molecule has 1 aliphatic heterocycles. The number of imide groups is 1. The Kier molecular flexibility index (Phi) is 2.50. The second kappa shape index (κ2) is 4.27. The Morgan fingerprint density at radius 2 is 1.48 bits per heavy atom. The first-order valence-electron chi connectivity index (χ1n) is 6.91. The summed E-state index contributed by atoms with van der Waals surface area (Å²) in [6.45, 7) is 0. The van der Waals surface area contributed by atoms with E-state index in [9.17, 15) is 14.7 Å². The SMILES string of the molecule is O=C1c2ccccc2C(=O)N1[C@@H]1c2ccccc2C[C@H]1O. The minimum Gasteiger partial charge on any atom is -0.390 e. The lowest BCUT2D eigenvalue weighted by atomic mass is 10.1. The fourth-order valence-electron chi connectivity index (χ4n) is 3.32. The molecule has 0 saturated carbocycles. The summed E-state index contributed by atoms with van der Waals surface area (Å²) in [6, 6.07) is 13.8. The molecule has 0 bridgehead atoms. The molecule has 0 spiro atoms. The van der Waals surface area contributed by atoms with Gasteiger partial charge in [0.25, 0.3) is 11.8 Å². The number of aliphatic hydroxyl groups is 1. The summed E-state index contributed by atoms with van der Waals surface area (Å²) in [4.78, 5) is 26.3. The van der Waals surface area contributed by atoms with Crippen molar-refractivity contribution in [2.45, 2.75) is 18.6 Å². The van der Waals surface area contributed by atoms with Gasteiger partial charge in [-0.2, -0.15) is 0 Å². The lowest BCUT2D eigenvalue weighted by Gasteiger charge is -2.25. The summed E-state index contributed by atoms with van der Waals surface area (Å²) in [6.07, 6.45) is -0.279. The molecule has 2 aliphatic rings. The highest BCUT2D eigenvalue weighted by molar-refractivity contribution is 6.21. The first-order chi connectivity index (χ1) is 10.2. The van der Waals surface area contributed by atoms with Gasteiger partial charge < -0.3 is 5.11 Å². The molecule has 1 N–H and O–H groups in total. The largest absolute Gasteiger partial charge is 0.390 e. The first kappa shape index (κ1) is 12.3. The lowest BCUT2D eigenvalue weighted by Crippen LogP contribution is -2.38. The van der Waals surface area contributed by atoms with Crippen molar-refractivity contribution in [2.24, 2.45) is 0 Å². The van der Waals surface area contributed by atoms with Gasteiger partial charge in [0.1, 0.15) is 0 Å². The zero-order chi connectivity index (χ0) is 14.6. The highest BCUT2D eigenvalue weighted by Gasteiger charge is 2.45. The molecule has 4 nitrogen and oxygen atoms in total. The molecule has 2 amide bonds. The summed E-state index contributed by atoms with van der Waals surface area (Å²) in [5, 5.41) is 10.3. The molecule has 0 unspecified atom stereocenters. The third kappa shape index (κ3) is 1.59. The lowest BCUT2D eigenvalue weighted by molar-refractivity contribution is 0.0382. The van der Waals surface area contributed by atoms with Gasteiger partial charge in [-0.1, -0.05) is 36.4 Å². The Balaban J connectivity index is 1.83. The Morgan fingerprint density at radius 3 is 2.14 bits per heavy atom. The Bertz CT molecular complexity index is 733. The van der Waals surface area contributed by atoms with Gasteiger partial charge in [-0.05, 0) is 23.3 Å². The van der Waals surface area contributed by atoms with Crippen molar-refractivity contribution in [3.8, 4) is 0 Å². The number of benzene rings is 2. The summed E-state index contributed by atoms with van der Waals surface area (Å²) in [7, 11) is 0. The number of carbonyl (C=O) groups excluding carboxylic acids is 2. The van der Waals surface area contributed by atoms with Crippen molar-refractivity contribution in [3.63, 3.8) is 0 Å². The molecule has 0 radical (unpaired) electrons. The van der Waals surface area contributed by atoms with Crippen molar-refractivity contribution in [2.75, 3.05) is 0 Å². The molecule has 104 valence electrons. The van der Waals surface area contributed by atoms with Crippen molar-refractivity contribution >= 4 is 11.8 Å². The van der Waals surface area contributed by atoms with Crippen LogP contribution < -0.4 is 0 Å². The molecule has 4 heteroatoms. The van der Waals surface area contributed by atoms with Crippen molar-refractivity contribution in [1.29, 1.82) is 0 Å². The number of amides is 2. The van der Waals surface area contributed by atoms with Gasteiger partial charge in [-0.15, -0.1) is 0 Å². The number of hydrogen-bond donors (Lipinski definition) is 1. The Morgan fingerprint density at radius 1 is 0.905 bits per heavy atom. The Labute approximate surface area is 121 Å². The van der Waals surface area contributed by atoms with Crippen LogP contribution in [-0.2, 0) is 6.42 Å². The summed E-state index contributed by atoms with van der Waals surface area (Å²) in [5.41, 5.74) is 2.68. The van der Waals surface area contributed by atoms with E-state index in [-0.39, 0.29) is 11.8 Å². The number of fused-ring (bicyclic) bond motifs is 2. The highest BCUT2D eigenvalue weighted by Crippen LogP contribution is 2.40. The second-order valence-corrected chi connectivity index (χ2v) is 5.44. The predicted molar refractivity (Wildman–Crippen MR) is 75.8 cm³/mol. The molecule has 0 fully saturated rings. The van der Waals surface area contributed by atoms with Crippen LogP contribution in [0, 0.1) is 0 Å². The van der Waals surface area contributed by atoms with Crippen molar-refractivity contribution < 1.29 is 14.7 Å². The number of aliphatic hydroxyl groups excluding tert-OH is 1. The van der Waals surface area contributed by atoms with E-state index in [2.05, 4.69) is 0 Å². The molecule has 0 aromatic heterocycles. The molecule has 1 aliphatic carbocycles. The molecular formula is C17H13NO3. The first-order valence-corrected chi connectivity index (χ1v) is 6.91. The molecule has 2 aromatic carbocycles. The summed E-state index contributed by atoms with van der Waals surface area (Å²) < 4.78 is 0. The number of carbonyl (C=O) groups is 2. The van der Waals surface area contributed by atoms with Gasteiger partial charge >= 0.3 is 0 Å². The maximum absolute atomic E-state index is 12.5. The summed E-state index contributed by atoms with van der Waals surface area (Å²) in [5.74, 6) is -0.646. The maximum Gasteiger partial charge on any atom is 0.262 e. The van der Waals surface area contributed by atoms with E-state index in [1.807, 2.05) is 24.3 Å². The van der Waals surface area contributed by atoms with Crippen LogP contribution in [0.5, 0.6) is 0 Å². The molecule has 1 heterocycles. The number of rotatable bonds is 1. The van der Waals surface area contributed by atoms with Gasteiger partial charge in [0.2, 0.25) is 0 Å². The van der Waals surface area contributed by atoms with Gasteiger partial charge in [-0.25, -0.2) is 0 Å². The van der Waals surface area contributed by atoms with Crippen LogP contribution in [0.1, 0.15) is 37.9 Å². The third-order valence-electron chi connectivity index (χ3n) is 4.27. The normalized spacial score (nSPS) is 23.4. The maximum atomic E-state index is 12.5. The van der Waals surface area contributed by atoms with E-state index in [1.54, 1.807) is 24.3 Å². The third-order valence-corrected chi connectivity index (χ3v) is 4.27. The smallest absolute Gasteiger partial charge is 0.262 e. The van der Waals surface area contributed by atoms with E-state index in [4.69, 9.17) is 0 Å². The van der Waals surface area contributed by atoms with E-state index in [0.29, 0.717) is 17.5 Å². The van der Waals surface area contributed by atoms with Crippen LogP contribution in [0.2, 0.25) is 0 Å². The van der Waals surface area contributed by atoms with Gasteiger partial charge in [0, 0.05) is 6.42 Å². The van der Waals surface area contributed by atoms with Crippen molar-refractivity contribution in [3.05, 3.63) is 70.8 Å². The van der Waals surface area contributed by atoms with Crippen LogP contribution >= 0.6 is 0 Å². The van der Waals surface area contributed by atoms with Gasteiger partial charge in [-0.3, -0.25) is 14.5 Å². The number of hydrogen-bond acceptors (Lipinski definition) is 3. The molecule has 0 saturated heterocycles. The fourth-order valence-corrected chi connectivity index (χ4v) is 3.32. The topological polar surface area (TPSA) is 57.6 Å². The average molecular weight is 279 g/mol. The van der Waals surface area contributed by atoms with Crippen LogP contribution in [-0.4, -0.2) is 27.9 Å². The van der Waals surface area contributed by atoms with E-state index < -0.39 is 12.1 Å². The molecule has 2 aromatic rings. The average Bonchev–Trinajstić information content (AvgIpc) is 2.95. The van der Waals surface area contributed by atoms with Crippen LogP contribution in [0.15, 0.2) is 48.5 Å². The molecule has 4 rings (SSSR count). The monoisotopic (exact) mass is 279 g/mol.